The Morgan fingerprint density at radius 1 is 1.29 bits per heavy atom. The number of rotatable bonds is 4. The van der Waals surface area contributed by atoms with Gasteiger partial charge in [0.1, 0.15) is 18.0 Å². The second-order valence-corrected chi connectivity index (χ2v) is 5.91. The first kappa shape index (κ1) is 16.2. The van der Waals surface area contributed by atoms with Gasteiger partial charge in [0.2, 0.25) is 6.29 Å². The van der Waals surface area contributed by atoms with Crippen LogP contribution in [0.15, 0.2) is 18.2 Å². The zero-order chi connectivity index (χ0) is 15.6. The fraction of sp³-hybridized carbons (Fsp3) is 0.625. The summed E-state index contributed by atoms with van der Waals surface area (Å²) < 4.78 is 11.3. The van der Waals surface area contributed by atoms with Crippen molar-refractivity contribution in [3.05, 3.63) is 29.3 Å². The van der Waals surface area contributed by atoms with Crippen LogP contribution in [0.3, 0.4) is 0 Å². The molecule has 21 heavy (non-hydrogen) atoms. The van der Waals surface area contributed by atoms with E-state index >= 15 is 0 Å². The number of benzene rings is 1. The first-order valence-corrected chi connectivity index (χ1v) is 7.32. The van der Waals surface area contributed by atoms with E-state index in [0.717, 1.165) is 11.1 Å². The highest BCUT2D eigenvalue weighted by Crippen LogP contribution is 2.30. The van der Waals surface area contributed by atoms with Crippen LogP contribution in [-0.2, 0) is 4.74 Å². The van der Waals surface area contributed by atoms with Crippen molar-refractivity contribution >= 4 is 0 Å². The second-order valence-electron chi connectivity index (χ2n) is 5.91. The molecule has 1 heterocycles. The van der Waals surface area contributed by atoms with Gasteiger partial charge in [-0.1, -0.05) is 31.5 Å². The molecule has 0 saturated carbocycles. The molecule has 1 aliphatic heterocycles. The maximum absolute atomic E-state index is 10.0. The molecule has 0 radical (unpaired) electrons. The third kappa shape index (κ3) is 3.74. The monoisotopic (exact) mass is 296 g/mol. The molecule has 1 aromatic carbocycles. The zero-order valence-electron chi connectivity index (χ0n) is 12.7. The van der Waals surface area contributed by atoms with Gasteiger partial charge in [0, 0.05) is 6.42 Å². The van der Waals surface area contributed by atoms with Gasteiger partial charge < -0.3 is 24.8 Å². The van der Waals surface area contributed by atoms with Crippen LogP contribution in [0.25, 0.3) is 0 Å². The van der Waals surface area contributed by atoms with Crippen LogP contribution in [-0.4, -0.2) is 46.5 Å². The van der Waals surface area contributed by atoms with Gasteiger partial charge in [-0.25, -0.2) is 0 Å². The molecule has 0 aromatic heterocycles. The molecule has 2 unspecified atom stereocenters. The molecule has 1 aromatic rings. The summed E-state index contributed by atoms with van der Waals surface area (Å²) >= 11 is 0. The van der Waals surface area contributed by atoms with Crippen LogP contribution >= 0.6 is 0 Å². The lowest BCUT2D eigenvalue weighted by Gasteiger charge is -2.36. The predicted molar refractivity (Wildman–Crippen MR) is 78.3 cm³/mol. The molecular weight excluding hydrogens is 272 g/mol. The summed E-state index contributed by atoms with van der Waals surface area (Å²) in [5.41, 5.74) is 2.18. The third-order valence-corrected chi connectivity index (χ3v) is 3.75. The van der Waals surface area contributed by atoms with Crippen LogP contribution in [0, 0.1) is 6.92 Å². The van der Waals surface area contributed by atoms with Crippen molar-refractivity contribution in [3.8, 4) is 5.75 Å². The summed E-state index contributed by atoms with van der Waals surface area (Å²) in [5.74, 6) is 0.938. The number of hydrogen-bond donors (Lipinski definition) is 3. The molecule has 2 rings (SSSR count). The van der Waals surface area contributed by atoms with Gasteiger partial charge in [-0.05, 0) is 24.5 Å². The third-order valence-electron chi connectivity index (χ3n) is 3.75. The SMILES string of the molecule is Cc1ccc(OC2O[C@H](CO)C(O)C[C@@H]2O)c(C(C)C)c1. The molecule has 0 spiro atoms. The Labute approximate surface area is 125 Å². The van der Waals surface area contributed by atoms with Crippen molar-refractivity contribution in [2.24, 2.45) is 0 Å². The Bertz CT molecular complexity index is 474. The summed E-state index contributed by atoms with van der Waals surface area (Å²) in [7, 11) is 0. The number of aliphatic hydroxyl groups is 3. The average Bonchev–Trinajstić information content (AvgIpc) is 2.43. The molecule has 1 fully saturated rings. The van der Waals surface area contributed by atoms with E-state index in [1.54, 1.807) is 0 Å². The van der Waals surface area contributed by atoms with Crippen LogP contribution in [0.2, 0.25) is 0 Å². The Kier molecular flexibility index (Phi) is 5.22. The first-order valence-electron chi connectivity index (χ1n) is 7.32. The van der Waals surface area contributed by atoms with Crippen molar-refractivity contribution in [1.29, 1.82) is 0 Å². The predicted octanol–water partition coefficient (Wildman–Crippen LogP) is 1.33. The van der Waals surface area contributed by atoms with Crippen LogP contribution < -0.4 is 4.74 Å². The van der Waals surface area contributed by atoms with E-state index in [1.807, 2.05) is 25.1 Å². The van der Waals surface area contributed by atoms with Gasteiger partial charge in [-0.2, -0.15) is 0 Å². The number of aryl methyl sites for hydroxylation is 1. The van der Waals surface area contributed by atoms with Crippen LogP contribution in [0.5, 0.6) is 5.75 Å². The van der Waals surface area contributed by atoms with Crippen molar-refractivity contribution < 1.29 is 24.8 Å². The summed E-state index contributed by atoms with van der Waals surface area (Å²) in [6.07, 6.45) is -3.30. The smallest absolute Gasteiger partial charge is 0.226 e. The first-order chi connectivity index (χ1) is 9.92. The quantitative estimate of drug-likeness (QED) is 0.781. The lowest BCUT2D eigenvalue weighted by atomic mass is 9.99. The number of aliphatic hydroxyl groups excluding tert-OH is 3. The molecule has 0 aliphatic carbocycles. The van der Waals surface area contributed by atoms with Crippen LogP contribution in [0.1, 0.15) is 37.3 Å². The van der Waals surface area contributed by atoms with Crippen LogP contribution in [0.4, 0.5) is 0 Å². The van der Waals surface area contributed by atoms with E-state index < -0.39 is 24.6 Å². The van der Waals surface area contributed by atoms with E-state index in [2.05, 4.69) is 13.8 Å². The van der Waals surface area contributed by atoms with Gasteiger partial charge in [-0.15, -0.1) is 0 Å². The summed E-state index contributed by atoms with van der Waals surface area (Å²) in [5, 5.41) is 28.9. The lowest BCUT2D eigenvalue weighted by Crippen LogP contribution is -2.51. The number of hydrogen-bond acceptors (Lipinski definition) is 5. The second kappa shape index (κ2) is 6.75. The maximum Gasteiger partial charge on any atom is 0.226 e. The fourth-order valence-electron chi connectivity index (χ4n) is 2.49. The molecule has 5 heteroatoms. The normalized spacial score (nSPS) is 29.7. The highest BCUT2D eigenvalue weighted by atomic mass is 16.7. The minimum Gasteiger partial charge on any atom is -0.462 e. The number of ether oxygens (including phenoxy) is 2. The van der Waals surface area contributed by atoms with E-state index in [-0.39, 0.29) is 18.9 Å². The Balaban J connectivity index is 2.17. The summed E-state index contributed by atoms with van der Waals surface area (Å²) in [6.45, 7) is 5.85. The molecule has 0 bridgehead atoms. The standard InChI is InChI=1S/C16H24O5/c1-9(2)11-6-10(3)4-5-14(11)20-16-13(19)7-12(18)15(8-17)21-16/h4-6,9,12-13,15-19H,7-8H2,1-3H3/t12?,13-,15+,16?/m0/s1. The molecule has 4 atom stereocenters. The van der Waals surface area contributed by atoms with Crippen molar-refractivity contribution in [3.63, 3.8) is 0 Å². The molecule has 0 amide bonds. The molecule has 1 saturated heterocycles. The minimum absolute atomic E-state index is 0.124. The molecular formula is C16H24O5. The molecule has 118 valence electrons. The van der Waals surface area contributed by atoms with Gasteiger partial charge in [0.05, 0.1) is 12.7 Å². The van der Waals surface area contributed by atoms with Gasteiger partial charge in [0.25, 0.3) is 0 Å². The van der Waals surface area contributed by atoms with Gasteiger partial charge in [-0.3, -0.25) is 0 Å². The molecule has 1 aliphatic rings. The lowest BCUT2D eigenvalue weighted by molar-refractivity contribution is -0.240. The zero-order valence-corrected chi connectivity index (χ0v) is 12.7. The van der Waals surface area contributed by atoms with Crippen molar-refractivity contribution in [2.75, 3.05) is 6.61 Å². The average molecular weight is 296 g/mol. The van der Waals surface area contributed by atoms with E-state index in [9.17, 15) is 15.3 Å². The topological polar surface area (TPSA) is 79.2 Å². The highest BCUT2D eigenvalue weighted by Gasteiger charge is 2.37. The largest absolute Gasteiger partial charge is 0.462 e. The van der Waals surface area contributed by atoms with E-state index in [4.69, 9.17) is 9.47 Å². The maximum atomic E-state index is 10.0. The fourth-order valence-corrected chi connectivity index (χ4v) is 2.49. The summed E-state index contributed by atoms with van der Waals surface area (Å²) in [6, 6.07) is 5.85. The van der Waals surface area contributed by atoms with Crippen molar-refractivity contribution in [1.82, 2.24) is 0 Å². The Morgan fingerprint density at radius 2 is 2.00 bits per heavy atom. The Hall–Kier alpha value is -1.14. The van der Waals surface area contributed by atoms with Gasteiger partial charge in [0.15, 0.2) is 0 Å². The van der Waals surface area contributed by atoms with E-state index in [0.29, 0.717) is 5.75 Å². The minimum atomic E-state index is -0.927. The highest BCUT2D eigenvalue weighted by molar-refractivity contribution is 5.39. The van der Waals surface area contributed by atoms with E-state index in [1.165, 1.54) is 0 Å². The van der Waals surface area contributed by atoms with Crippen molar-refractivity contribution in [2.45, 2.75) is 57.7 Å². The molecule has 5 nitrogen and oxygen atoms in total. The Morgan fingerprint density at radius 3 is 2.62 bits per heavy atom. The molecule has 3 N–H and O–H groups in total. The summed E-state index contributed by atoms with van der Waals surface area (Å²) in [4.78, 5) is 0. The van der Waals surface area contributed by atoms with Gasteiger partial charge >= 0.3 is 0 Å².